The van der Waals surface area contributed by atoms with Crippen molar-refractivity contribution in [3.8, 4) is 0 Å². The van der Waals surface area contributed by atoms with Gasteiger partial charge in [-0.3, -0.25) is 0 Å². The third-order valence-corrected chi connectivity index (χ3v) is 4.30. The largest absolute Gasteiger partial charge is 0.477 e. The Morgan fingerprint density at radius 2 is 1.92 bits per heavy atom. The van der Waals surface area contributed by atoms with Crippen molar-refractivity contribution >= 4 is 37.4 Å². The molecule has 0 saturated heterocycles. The first kappa shape index (κ1) is 13.0. The second-order valence-corrected chi connectivity index (χ2v) is 6.55. The highest BCUT2D eigenvalue weighted by molar-refractivity contribution is 8.75. The fourth-order valence-electron chi connectivity index (χ4n) is 0.229. The molecule has 4 N–H and O–H groups in total. The molecule has 0 radical (unpaired) electrons. The Morgan fingerprint density at radius 3 is 2.25 bits per heavy atom. The van der Waals surface area contributed by atoms with Gasteiger partial charge >= 0.3 is 15.6 Å². The smallest absolute Gasteiger partial charge is 0.318 e. The highest BCUT2D eigenvalue weighted by atomic mass is 33.1. The molecule has 11 heteroatoms. The van der Waals surface area contributed by atoms with Crippen LogP contribution in [-0.2, 0) is 12.8 Å². The number of phosphoric acid groups is 1. The standard InChI is InChI=1S/CH7NO6P2S2/c1-11-12-8-9(2,3)7-10(4,5)6/h1H3,(H2,2,3)(H2,4,5,6). The third kappa shape index (κ3) is 7.60. The monoisotopic (exact) mass is 255 g/mol. The van der Waals surface area contributed by atoms with E-state index in [1.54, 1.807) is 6.26 Å². The van der Waals surface area contributed by atoms with Gasteiger partial charge in [0.1, 0.15) is 0 Å². The van der Waals surface area contributed by atoms with Crippen molar-refractivity contribution in [3.63, 3.8) is 0 Å². The van der Waals surface area contributed by atoms with Crippen LogP contribution in [0.3, 0.4) is 0 Å². The Balaban J connectivity index is 4.05. The number of nitrogens with one attached hydrogen (secondary N) is 1. The van der Waals surface area contributed by atoms with Gasteiger partial charge in [-0.15, -0.1) is 0 Å². The maximum absolute atomic E-state index is 10.1. The van der Waals surface area contributed by atoms with Gasteiger partial charge in [-0.25, -0.2) is 18.0 Å². The summed E-state index contributed by atoms with van der Waals surface area (Å²) in [5.41, 5.74) is 0. The number of hydrogen-bond donors (Lipinski definition) is 4. The molecule has 7 nitrogen and oxygen atoms in total. The van der Waals surface area contributed by atoms with Gasteiger partial charge in [-0.2, -0.15) is 0 Å². The average molecular weight is 255 g/mol. The normalized spacial score (nSPS) is 17.3. The quantitative estimate of drug-likeness (QED) is 0.332. The van der Waals surface area contributed by atoms with Crippen LogP contribution in [0.1, 0.15) is 0 Å². The van der Waals surface area contributed by atoms with Crippen LogP contribution in [0.15, 0.2) is 0 Å². The summed E-state index contributed by atoms with van der Waals surface area (Å²) in [6, 6.07) is 0. The molecule has 0 saturated carbocycles. The van der Waals surface area contributed by atoms with Gasteiger partial charge < -0.3 is 14.7 Å². The van der Waals surface area contributed by atoms with E-state index < -0.39 is 15.6 Å². The molecule has 0 heterocycles. The molecule has 12 heavy (non-hydrogen) atoms. The zero-order chi connectivity index (χ0) is 9.83. The SMILES string of the molecule is CSSOP(=N)(O)OP(=O)(O)O. The van der Waals surface area contributed by atoms with E-state index in [9.17, 15) is 4.57 Å². The molecule has 0 aromatic rings. The summed E-state index contributed by atoms with van der Waals surface area (Å²) >= 11 is 0.616. The molecule has 0 aliphatic heterocycles. The average Bonchev–Trinajstić information content (AvgIpc) is 1.78. The zero-order valence-electron chi connectivity index (χ0n) is 5.78. The Bertz CT molecular complexity index is 226. The van der Waals surface area contributed by atoms with Crippen molar-refractivity contribution in [1.29, 1.82) is 5.16 Å². The van der Waals surface area contributed by atoms with E-state index in [2.05, 4.69) is 8.28 Å². The van der Waals surface area contributed by atoms with E-state index in [4.69, 9.17) is 19.8 Å². The van der Waals surface area contributed by atoms with Crippen molar-refractivity contribution in [2.24, 2.45) is 0 Å². The number of rotatable bonds is 5. The molecule has 0 amide bonds. The molecule has 1 atom stereocenters. The molecule has 74 valence electrons. The molecule has 0 rings (SSSR count). The minimum atomic E-state index is -4.86. The molecule has 0 spiro atoms. The maximum Gasteiger partial charge on any atom is 0.477 e. The van der Waals surface area contributed by atoms with Crippen LogP contribution < -0.4 is 0 Å². The van der Waals surface area contributed by atoms with Crippen molar-refractivity contribution in [1.82, 2.24) is 0 Å². The van der Waals surface area contributed by atoms with Gasteiger partial charge in [0.05, 0.1) is 11.1 Å². The Hall–Kier alpha value is 0.960. The first-order valence-electron chi connectivity index (χ1n) is 2.30. The first-order chi connectivity index (χ1) is 5.27. The van der Waals surface area contributed by atoms with Gasteiger partial charge in [-0.1, -0.05) is 10.8 Å². The van der Waals surface area contributed by atoms with Crippen molar-refractivity contribution in [2.45, 2.75) is 0 Å². The Morgan fingerprint density at radius 1 is 1.42 bits per heavy atom. The van der Waals surface area contributed by atoms with Crippen LogP contribution in [0.4, 0.5) is 0 Å². The van der Waals surface area contributed by atoms with Crippen LogP contribution in [0.5, 0.6) is 0 Å². The summed E-state index contributed by atoms with van der Waals surface area (Å²) < 4.78 is 18.1. The molecule has 0 aliphatic rings. The van der Waals surface area contributed by atoms with Gasteiger partial charge in [0.2, 0.25) is 0 Å². The van der Waals surface area contributed by atoms with Crippen molar-refractivity contribution in [3.05, 3.63) is 0 Å². The molecule has 0 aliphatic carbocycles. The molecule has 0 aromatic heterocycles. The minimum Gasteiger partial charge on any atom is -0.318 e. The predicted octanol–water partition coefficient (Wildman–Crippen LogP) is 1.56. The summed E-state index contributed by atoms with van der Waals surface area (Å²) in [7, 11) is -7.95. The highest BCUT2D eigenvalue weighted by Crippen LogP contribution is 2.60. The third-order valence-electron chi connectivity index (χ3n) is 0.417. The molecular weight excluding hydrogens is 248 g/mol. The van der Waals surface area contributed by atoms with Gasteiger partial charge in [0.15, 0.2) is 0 Å². The predicted molar refractivity (Wildman–Crippen MR) is 47.2 cm³/mol. The van der Waals surface area contributed by atoms with E-state index in [0.717, 1.165) is 10.8 Å². The lowest BCUT2D eigenvalue weighted by Gasteiger charge is -2.12. The molecular formula is CH7NO6P2S2. The van der Waals surface area contributed by atoms with Crippen LogP contribution in [0.25, 0.3) is 0 Å². The van der Waals surface area contributed by atoms with Crippen molar-refractivity contribution < 1.29 is 27.5 Å². The lowest BCUT2D eigenvalue weighted by Crippen LogP contribution is -1.86. The second-order valence-electron chi connectivity index (χ2n) is 1.40. The van der Waals surface area contributed by atoms with Crippen LogP contribution in [-0.4, -0.2) is 20.9 Å². The molecule has 0 fully saturated rings. The van der Waals surface area contributed by atoms with Gasteiger partial charge in [0, 0.05) is 0 Å². The van der Waals surface area contributed by atoms with Crippen LogP contribution in [0.2, 0.25) is 0 Å². The fourth-order valence-corrected chi connectivity index (χ4v) is 3.60. The molecule has 1 unspecified atom stereocenters. The van der Waals surface area contributed by atoms with Crippen LogP contribution in [0, 0.1) is 5.16 Å². The van der Waals surface area contributed by atoms with E-state index in [0.29, 0.717) is 11.1 Å². The summed E-state index contributed by atoms with van der Waals surface area (Å²) in [4.78, 5) is 25.2. The topological polar surface area (TPSA) is 120 Å². The van der Waals surface area contributed by atoms with E-state index in [1.807, 2.05) is 0 Å². The minimum absolute atomic E-state index is 0.616. The Labute approximate surface area is 76.8 Å². The Kier molecular flexibility index (Phi) is 5.39. The lowest BCUT2D eigenvalue weighted by molar-refractivity contribution is 0.261. The van der Waals surface area contributed by atoms with E-state index in [1.165, 1.54) is 0 Å². The fraction of sp³-hybridized carbons (Fsp3) is 1.00. The van der Waals surface area contributed by atoms with E-state index >= 15 is 0 Å². The van der Waals surface area contributed by atoms with Gasteiger partial charge in [0.25, 0.3) is 0 Å². The second kappa shape index (κ2) is 4.99. The maximum atomic E-state index is 10.1. The summed E-state index contributed by atoms with van der Waals surface area (Å²) in [6.45, 7) is 0. The summed E-state index contributed by atoms with van der Waals surface area (Å²) in [6.07, 6.45) is 1.60. The first-order valence-corrected chi connectivity index (χ1v) is 7.89. The lowest BCUT2D eigenvalue weighted by atomic mass is 12.0. The van der Waals surface area contributed by atoms with Crippen molar-refractivity contribution in [2.75, 3.05) is 6.26 Å². The van der Waals surface area contributed by atoms with Crippen LogP contribution >= 0.6 is 37.4 Å². The molecule has 0 bridgehead atoms. The summed E-state index contributed by atoms with van der Waals surface area (Å²) in [5, 5.41) is 6.78. The highest BCUT2D eigenvalue weighted by Gasteiger charge is 2.28. The zero-order valence-corrected chi connectivity index (χ0v) is 9.20. The van der Waals surface area contributed by atoms with E-state index in [-0.39, 0.29) is 0 Å². The number of hydrogen-bond acceptors (Lipinski definition) is 6. The van der Waals surface area contributed by atoms with Gasteiger partial charge in [-0.05, 0) is 6.26 Å². The summed E-state index contributed by atoms with van der Waals surface area (Å²) in [5.74, 6) is 0. The molecule has 0 aromatic carbocycles.